The Balaban J connectivity index is 2.13. The van der Waals surface area contributed by atoms with E-state index >= 15 is 0 Å². The molecule has 0 bridgehead atoms. The average molecular weight is 321 g/mol. The summed E-state index contributed by atoms with van der Waals surface area (Å²) in [4.78, 5) is 10.9. The summed E-state index contributed by atoms with van der Waals surface area (Å²) in [6, 6.07) is 9.43. The van der Waals surface area contributed by atoms with E-state index in [0.717, 1.165) is 10.2 Å². The molecular weight excluding hydrogens is 308 g/mol. The van der Waals surface area contributed by atoms with Gasteiger partial charge in [-0.2, -0.15) is 0 Å². The van der Waals surface area contributed by atoms with Gasteiger partial charge in [-0.1, -0.05) is 6.07 Å². The van der Waals surface area contributed by atoms with Crippen LogP contribution in [0.15, 0.2) is 34.8 Å². The Bertz CT molecular complexity index is 598. The molecule has 0 aliphatic rings. The summed E-state index contributed by atoms with van der Waals surface area (Å²) in [7, 11) is 0. The fraction of sp³-hybridized carbons (Fsp3) is 0.154. The Morgan fingerprint density at radius 3 is 2.42 bits per heavy atom. The minimum Gasteiger partial charge on any atom is -0.338 e. The zero-order valence-electron chi connectivity index (χ0n) is 10.6. The lowest BCUT2D eigenvalue weighted by molar-refractivity contribution is -0.114. The van der Waals surface area contributed by atoms with Crippen molar-refractivity contribution < 1.29 is 4.79 Å². The predicted molar refractivity (Wildman–Crippen MR) is 78.5 cm³/mol. The van der Waals surface area contributed by atoms with Gasteiger partial charge in [0, 0.05) is 11.4 Å². The van der Waals surface area contributed by atoms with E-state index in [0.29, 0.717) is 11.6 Å². The van der Waals surface area contributed by atoms with Gasteiger partial charge < -0.3 is 10.6 Å². The standard InChI is InChI=1S/C13H13BrN4O/c1-8-3-4-11(10(14)7-8)16-13-6-5-12(17-18-13)15-9(2)19/h3-7H,1-2H3,(H,16,18)(H,15,17,19). The quantitative estimate of drug-likeness (QED) is 0.911. The van der Waals surface area contributed by atoms with E-state index in [9.17, 15) is 4.79 Å². The van der Waals surface area contributed by atoms with E-state index < -0.39 is 0 Å². The molecule has 0 aliphatic carbocycles. The van der Waals surface area contributed by atoms with Crippen molar-refractivity contribution in [1.82, 2.24) is 10.2 Å². The lowest BCUT2D eigenvalue weighted by Gasteiger charge is -2.08. The fourth-order valence-corrected chi connectivity index (χ4v) is 2.10. The minimum absolute atomic E-state index is 0.170. The number of aromatic nitrogens is 2. The van der Waals surface area contributed by atoms with Crippen LogP contribution in [0.25, 0.3) is 0 Å². The summed E-state index contributed by atoms with van der Waals surface area (Å²) < 4.78 is 0.959. The number of halogens is 1. The average Bonchev–Trinajstić information content (AvgIpc) is 2.34. The number of hydrogen-bond donors (Lipinski definition) is 2. The van der Waals surface area contributed by atoms with Crippen molar-refractivity contribution in [3.8, 4) is 0 Å². The van der Waals surface area contributed by atoms with Crippen molar-refractivity contribution in [2.45, 2.75) is 13.8 Å². The molecule has 1 aromatic carbocycles. The summed E-state index contributed by atoms with van der Waals surface area (Å²) in [5.74, 6) is 0.871. The molecule has 0 saturated carbocycles. The van der Waals surface area contributed by atoms with Gasteiger partial charge in [0.25, 0.3) is 0 Å². The molecule has 0 radical (unpaired) electrons. The number of hydrogen-bond acceptors (Lipinski definition) is 4. The largest absolute Gasteiger partial charge is 0.338 e. The molecule has 1 aromatic heterocycles. The molecule has 6 heteroatoms. The molecule has 2 N–H and O–H groups in total. The Morgan fingerprint density at radius 2 is 1.84 bits per heavy atom. The maximum atomic E-state index is 10.9. The van der Waals surface area contributed by atoms with E-state index in [1.807, 2.05) is 25.1 Å². The van der Waals surface area contributed by atoms with Crippen molar-refractivity contribution >= 4 is 39.2 Å². The third kappa shape index (κ3) is 3.75. The third-order valence-corrected chi connectivity index (χ3v) is 3.01. The second-order valence-electron chi connectivity index (χ2n) is 4.09. The SMILES string of the molecule is CC(=O)Nc1ccc(Nc2ccc(C)cc2Br)nn1. The van der Waals surface area contributed by atoms with Crippen LogP contribution in [0.5, 0.6) is 0 Å². The minimum atomic E-state index is -0.170. The number of benzene rings is 1. The topological polar surface area (TPSA) is 66.9 Å². The van der Waals surface area contributed by atoms with E-state index in [-0.39, 0.29) is 5.91 Å². The number of nitrogens with one attached hydrogen (secondary N) is 2. The zero-order chi connectivity index (χ0) is 13.8. The van der Waals surface area contributed by atoms with Gasteiger partial charge in [0.2, 0.25) is 5.91 Å². The van der Waals surface area contributed by atoms with Crippen LogP contribution in [0.4, 0.5) is 17.3 Å². The number of carbonyl (C=O) groups excluding carboxylic acids is 1. The first-order chi connectivity index (χ1) is 9.04. The van der Waals surface area contributed by atoms with Gasteiger partial charge in [-0.15, -0.1) is 10.2 Å². The second-order valence-corrected chi connectivity index (χ2v) is 4.95. The van der Waals surface area contributed by atoms with Crippen LogP contribution in [-0.4, -0.2) is 16.1 Å². The Morgan fingerprint density at radius 1 is 1.16 bits per heavy atom. The van der Waals surface area contributed by atoms with Crippen LogP contribution in [0.1, 0.15) is 12.5 Å². The highest BCUT2D eigenvalue weighted by Crippen LogP contribution is 2.25. The van der Waals surface area contributed by atoms with Gasteiger partial charge in [0.05, 0.1) is 5.69 Å². The first-order valence-corrected chi connectivity index (χ1v) is 6.48. The number of aryl methyl sites for hydroxylation is 1. The van der Waals surface area contributed by atoms with E-state index in [1.165, 1.54) is 12.5 Å². The maximum absolute atomic E-state index is 10.9. The molecule has 0 unspecified atom stereocenters. The summed E-state index contributed by atoms with van der Waals surface area (Å²) >= 11 is 3.48. The van der Waals surface area contributed by atoms with E-state index in [2.05, 4.69) is 36.8 Å². The van der Waals surface area contributed by atoms with E-state index in [4.69, 9.17) is 0 Å². The summed E-state index contributed by atoms with van der Waals surface area (Å²) in [6.07, 6.45) is 0. The lowest BCUT2D eigenvalue weighted by atomic mass is 10.2. The molecule has 5 nitrogen and oxygen atoms in total. The normalized spacial score (nSPS) is 10.1. The van der Waals surface area contributed by atoms with Crippen molar-refractivity contribution in [2.24, 2.45) is 0 Å². The third-order valence-electron chi connectivity index (χ3n) is 2.36. The highest BCUT2D eigenvalue weighted by Gasteiger charge is 2.03. The van der Waals surface area contributed by atoms with Crippen LogP contribution >= 0.6 is 15.9 Å². The molecule has 0 atom stereocenters. The molecule has 2 aromatic rings. The van der Waals surface area contributed by atoms with Crippen molar-refractivity contribution in [3.05, 3.63) is 40.4 Å². The molecule has 0 aliphatic heterocycles. The summed E-state index contributed by atoms with van der Waals surface area (Å²) in [5, 5.41) is 13.6. The Hall–Kier alpha value is -1.95. The van der Waals surface area contributed by atoms with Crippen LogP contribution in [0.2, 0.25) is 0 Å². The van der Waals surface area contributed by atoms with Gasteiger partial charge in [0.1, 0.15) is 0 Å². The lowest BCUT2D eigenvalue weighted by Crippen LogP contribution is -2.08. The van der Waals surface area contributed by atoms with Crippen LogP contribution in [-0.2, 0) is 4.79 Å². The number of nitrogens with zero attached hydrogens (tertiary/aromatic N) is 2. The number of amides is 1. The fourth-order valence-electron chi connectivity index (χ4n) is 1.51. The summed E-state index contributed by atoms with van der Waals surface area (Å²) in [6.45, 7) is 3.45. The molecule has 1 amide bonds. The first-order valence-electron chi connectivity index (χ1n) is 5.69. The smallest absolute Gasteiger partial charge is 0.222 e. The highest BCUT2D eigenvalue weighted by molar-refractivity contribution is 9.10. The summed E-state index contributed by atoms with van der Waals surface area (Å²) in [5.41, 5.74) is 2.08. The number of anilines is 3. The molecular formula is C13H13BrN4O. The van der Waals surface area contributed by atoms with Gasteiger partial charge in [-0.25, -0.2) is 0 Å². The van der Waals surface area contributed by atoms with E-state index in [1.54, 1.807) is 12.1 Å². The second kappa shape index (κ2) is 5.79. The molecule has 0 fully saturated rings. The molecule has 98 valence electrons. The molecule has 0 saturated heterocycles. The molecule has 2 rings (SSSR count). The zero-order valence-corrected chi connectivity index (χ0v) is 12.2. The van der Waals surface area contributed by atoms with Gasteiger partial charge in [-0.3, -0.25) is 4.79 Å². The van der Waals surface area contributed by atoms with Crippen molar-refractivity contribution in [2.75, 3.05) is 10.6 Å². The monoisotopic (exact) mass is 320 g/mol. The van der Waals surface area contributed by atoms with Crippen molar-refractivity contribution in [1.29, 1.82) is 0 Å². The van der Waals surface area contributed by atoms with Crippen LogP contribution < -0.4 is 10.6 Å². The first kappa shape index (κ1) is 13.5. The van der Waals surface area contributed by atoms with Gasteiger partial charge in [0.15, 0.2) is 11.6 Å². The number of rotatable bonds is 3. The molecule has 1 heterocycles. The molecule has 19 heavy (non-hydrogen) atoms. The maximum Gasteiger partial charge on any atom is 0.222 e. The van der Waals surface area contributed by atoms with Gasteiger partial charge >= 0.3 is 0 Å². The number of carbonyl (C=O) groups is 1. The molecule has 0 spiro atoms. The van der Waals surface area contributed by atoms with Gasteiger partial charge in [-0.05, 0) is 52.7 Å². The van der Waals surface area contributed by atoms with Crippen molar-refractivity contribution in [3.63, 3.8) is 0 Å². The highest BCUT2D eigenvalue weighted by atomic mass is 79.9. The predicted octanol–water partition coefficient (Wildman–Crippen LogP) is 3.25. The Kier molecular flexibility index (Phi) is 4.11. The Labute approximate surface area is 119 Å². The van der Waals surface area contributed by atoms with Crippen LogP contribution in [0, 0.1) is 6.92 Å². The van der Waals surface area contributed by atoms with Crippen LogP contribution in [0.3, 0.4) is 0 Å².